The van der Waals surface area contributed by atoms with Crippen LogP contribution in [-0.4, -0.2) is 30.0 Å². The Kier molecular flexibility index (Phi) is 5.90. The number of carbonyl (C=O) groups is 1. The molecule has 3 rings (SSSR count). The molecule has 0 saturated carbocycles. The highest BCUT2D eigenvalue weighted by Crippen LogP contribution is 2.18. The minimum absolute atomic E-state index is 0.0126. The van der Waals surface area contributed by atoms with Gasteiger partial charge in [0.05, 0.1) is 16.8 Å². The molecular formula is C18H14FN3O4S2. The largest absolute Gasteiger partial charge is 0.325 e. The lowest BCUT2D eigenvalue weighted by Gasteiger charge is -2.06. The molecule has 1 amide bonds. The van der Waals surface area contributed by atoms with E-state index in [0.29, 0.717) is 5.69 Å². The molecule has 3 aromatic rings. The highest BCUT2D eigenvalue weighted by molar-refractivity contribution is 7.99. The molecule has 0 unspecified atom stereocenters. The van der Waals surface area contributed by atoms with E-state index in [1.807, 2.05) is 0 Å². The summed E-state index contributed by atoms with van der Waals surface area (Å²) < 4.78 is 37.9. The monoisotopic (exact) mass is 419 g/mol. The zero-order valence-corrected chi connectivity index (χ0v) is 15.9. The summed E-state index contributed by atoms with van der Waals surface area (Å²) in [5.74, 6) is -0.884. The highest BCUT2D eigenvalue weighted by atomic mass is 32.2. The quantitative estimate of drug-likeness (QED) is 0.469. The lowest BCUT2D eigenvalue weighted by molar-refractivity contribution is -0.113. The van der Waals surface area contributed by atoms with Gasteiger partial charge in [-0.2, -0.15) is 0 Å². The molecule has 2 aromatic carbocycles. The molecule has 144 valence electrons. The first-order valence-corrected chi connectivity index (χ1v) is 10.4. The van der Waals surface area contributed by atoms with Crippen LogP contribution in [0.5, 0.6) is 0 Å². The van der Waals surface area contributed by atoms with E-state index < -0.39 is 26.1 Å². The number of anilines is 1. The van der Waals surface area contributed by atoms with Gasteiger partial charge in [-0.15, -0.1) is 0 Å². The van der Waals surface area contributed by atoms with E-state index in [1.54, 1.807) is 18.2 Å². The molecule has 7 nitrogen and oxygen atoms in total. The van der Waals surface area contributed by atoms with Crippen LogP contribution in [0, 0.1) is 5.82 Å². The minimum Gasteiger partial charge on any atom is -0.325 e. The number of rotatable bonds is 6. The normalized spacial score (nSPS) is 11.2. The average Bonchev–Trinajstić information content (AvgIpc) is 2.69. The number of hydrogen-bond donors (Lipinski definition) is 2. The molecule has 0 aliphatic carbocycles. The summed E-state index contributed by atoms with van der Waals surface area (Å²) in [7, 11) is -3.99. The number of nitrogens with zero attached hydrogens (tertiary/aromatic N) is 1. The van der Waals surface area contributed by atoms with Crippen molar-refractivity contribution >= 4 is 33.2 Å². The van der Waals surface area contributed by atoms with E-state index in [9.17, 15) is 22.4 Å². The van der Waals surface area contributed by atoms with E-state index in [1.165, 1.54) is 36.4 Å². The first kappa shape index (κ1) is 19.8. The van der Waals surface area contributed by atoms with Crippen LogP contribution in [0.1, 0.15) is 0 Å². The van der Waals surface area contributed by atoms with Gasteiger partial charge in [-0.1, -0.05) is 30.0 Å². The lowest BCUT2D eigenvalue weighted by atomic mass is 10.3. The standard InChI is InChI=1S/C18H14FN3O4S2/c19-12-6-8-13(9-7-12)21-16(23)11-27-18-20-10-15(17(24)22-18)28(25,26)14-4-2-1-3-5-14/h1-10H,11H2,(H,21,23)(H,20,22,24). The number of aromatic amines is 1. The lowest BCUT2D eigenvalue weighted by Crippen LogP contribution is -2.20. The molecule has 2 N–H and O–H groups in total. The molecule has 28 heavy (non-hydrogen) atoms. The van der Waals surface area contributed by atoms with Gasteiger partial charge in [-0.05, 0) is 36.4 Å². The SMILES string of the molecule is O=C(CSc1ncc(S(=O)(=O)c2ccccc2)c(=O)[nH]1)Nc1ccc(F)cc1. The summed E-state index contributed by atoms with van der Waals surface area (Å²) >= 11 is 0.933. The zero-order valence-electron chi connectivity index (χ0n) is 14.3. The number of halogens is 1. The predicted octanol–water partition coefficient (Wildman–Crippen LogP) is 2.47. The fourth-order valence-electron chi connectivity index (χ4n) is 2.22. The van der Waals surface area contributed by atoms with Crippen molar-refractivity contribution in [2.75, 3.05) is 11.1 Å². The van der Waals surface area contributed by atoms with Crippen molar-refractivity contribution < 1.29 is 17.6 Å². The maximum atomic E-state index is 12.9. The zero-order chi connectivity index (χ0) is 20.1. The third-order valence-corrected chi connectivity index (χ3v) is 6.20. The van der Waals surface area contributed by atoms with Crippen LogP contribution >= 0.6 is 11.8 Å². The Hall–Kier alpha value is -2.98. The molecule has 0 radical (unpaired) electrons. The van der Waals surface area contributed by atoms with Gasteiger partial charge < -0.3 is 10.3 Å². The van der Waals surface area contributed by atoms with Crippen LogP contribution in [0.4, 0.5) is 10.1 Å². The molecule has 0 saturated heterocycles. The van der Waals surface area contributed by atoms with Gasteiger partial charge in [0.25, 0.3) is 5.56 Å². The van der Waals surface area contributed by atoms with Gasteiger partial charge in [0.1, 0.15) is 5.82 Å². The Morgan fingerprint density at radius 3 is 2.43 bits per heavy atom. The smallest absolute Gasteiger partial charge is 0.270 e. The number of sulfone groups is 1. The van der Waals surface area contributed by atoms with E-state index in [0.717, 1.165) is 18.0 Å². The van der Waals surface area contributed by atoms with Crippen LogP contribution in [0.25, 0.3) is 0 Å². The van der Waals surface area contributed by atoms with Crippen molar-refractivity contribution in [1.82, 2.24) is 9.97 Å². The Morgan fingerprint density at radius 2 is 1.79 bits per heavy atom. The van der Waals surface area contributed by atoms with E-state index in [4.69, 9.17) is 0 Å². The summed E-state index contributed by atoms with van der Waals surface area (Å²) in [6.45, 7) is 0. The second kappa shape index (κ2) is 8.36. The first-order chi connectivity index (χ1) is 13.4. The summed E-state index contributed by atoms with van der Waals surface area (Å²) in [6.07, 6.45) is 0.974. The summed E-state index contributed by atoms with van der Waals surface area (Å²) in [5, 5.41) is 2.67. The number of nitrogens with one attached hydrogen (secondary N) is 2. The molecule has 0 spiro atoms. The number of hydrogen-bond acceptors (Lipinski definition) is 6. The van der Waals surface area contributed by atoms with Crippen molar-refractivity contribution in [3.05, 3.63) is 77.0 Å². The average molecular weight is 419 g/mol. The summed E-state index contributed by atoms with van der Waals surface area (Å²) in [4.78, 5) is 29.9. The predicted molar refractivity (Wildman–Crippen MR) is 103 cm³/mol. The van der Waals surface area contributed by atoms with Crippen molar-refractivity contribution in [2.45, 2.75) is 14.9 Å². The van der Waals surface area contributed by atoms with Crippen LogP contribution < -0.4 is 10.9 Å². The molecule has 10 heteroatoms. The van der Waals surface area contributed by atoms with Gasteiger partial charge in [-0.25, -0.2) is 17.8 Å². The van der Waals surface area contributed by atoms with E-state index in [2.05, 4.69) is 15.3 Å². The number of H-pyrrole nitrogens is 1. The third-order valence-electron chi connectivity index (χ3n) is 3.55. The number of thioether (sulfide) groups is 1. The second-order valence-corrected chi connectivity index (χ2v) is 8.42. The van der Waals surface area contributed by atoms with Gasteiger partial charge in [0, 0.05) is 5.69 Å². The molecule has 0 aliphatic heterocycles. The number of aromatic nitrogens is 2. The summed E-state index contributed by atoms with van der Waals surface area (Å²) in [6, 6.07) is 12.8. The van der Waals surface area contributed by atoms with Gasteiger partial charge >= 0.3 is 0 Å². The maximum Gasteiger partial charge on any atom is 0.270 e. The summed E-state index contributed by atoms with van der Waals surface area (Å²) in [5.41, 5.74) is -0.391. The maximum absolute atomic E-state index is 12.9. The fraction of sp³-hybridized carbons (Fsp3) is 0.0556. The molecule has 1 heterocycles. The second-order valence-electron chi connectivity index (χ2n) is 5.54. The number of benzene rings is 2. The molecular weight excluding hydrogens is 405 g/mol. The Balaban J connectivity index is 1.68. The first-order valence-electron chi connectivity index (χ1n) is 7.94. The van der Waals surface area contributed by atoms with Crippen molar-refractivity contribution in [1.29, 1.82) is 0 Å². The topological polar surface area (TPSA) is 109 Å². The van der Waals surface area contributed by atoms with Crippen molar-refractivity contribution in [2.24, 2.45) is 0 Å². The van der Waals surface area contributed by atoms with Crippen LogP contribution in [0.3, 0.4) is 0 Å². The Morgan fingerprint density at radius 1 is 1.11 bits per heavy atom. The van der Waals surface area contributed by atoms with E-state index >= 15 is 0 Å². The van der Waals surface area contributed by atoms with Gasteiger partial charge in [-0.3, -0.25) is 9.59 Å². The highest BCUT2D eigenvalue weighted by Gasteiger charge is 2.22. The number of amides is 1. The molecule has 0 fully saturated rings. The third kappa shape index (κ3) is 4.65. The molecule has 0 bridgehead atoms. The van der Waals surface area contributed by atoms with Crippen LogP contribution in [0.2, 0.25) is 0 Å². The molecule has 1 aromatic heterocycles. The Labute approximate surface area is 164 Å². The van der Waals surface area contributed by atoms with Gasteiger partial charge in [0.15, 0.2) is 10.1 Å². The van der Waals surface area contributed by atoms with Crippen molar-refractivity contribution in [3.8, 4) is 0 Å². The number of carbonyl (C=O) groups excluding carboxylic acids is 1. The van der Waals surface area contributed by atoms with Crippen LogP contribution in [-0.2, 0) is 14.6 Å². The fourth-order valence-corrected chi connectivity index (χ4v) is 4.11. The van der Waals surface area contributed by atoms with Crippen LogP contribution in [0.15, 0.2) is 80.5 Å². The van der Waals surface area contributed by atoms with Gasteiger partial charge in [0.2, 0.25) is 15.7 Å². The molecule has 0 aliphatic rings. The van der Waals surface area contributed by atoms with Crippen molar-refractivity contribution in [3.63, 3.8) is 0 Å². The van der Waals surface area contributed by atoms with E-state index in [-0.39, 0.29) is 21.7 Å². The Bertz CT molecular complexity index is 1150. The minimum atomic E-state index is -3.99. The molecule has 0 atom stereocenters.